The van der Waals surface area contributed by atoms with Crippen LogP contribution in [0.1, 0.15) is 15.9 Å². The van der Waals surface area contributed by atoms with Gasteiger partial charge in [0.2, 0.25) is 5.91 Å². The van der Waals surface area contributed by atoms with Crippen LogP contribution < -0.4 is 5.32 Å². The van der Waals surface area contributed by atoms with Gasteiger partial charge in [-0.1, -0.05) is 41.9 Å². The third-order valence-corrected chi connectivity index (χ3v) is 4.26. The van der Waals surface area contributed by atoms with Crippen molar-refractivity contribution < 1.29 is 14.0 Å². The maximum Gasteiger partial charge on any atom is 0.257 e. The summed E-state index contributed by atoms with van der Waals surface area (Å²) in [4.78, 5) is 26.5. The van der Waals surface area contributed by atoms with Crippen molar-refractivity contribution in [3.05, 3.63) is 70.5 Å². The molecule has 124 valence electrons. The number of amides is 2. The minimum Gasteiger partial charge on any atom is -0.353 e. The van der Waals surface area contributed by atoms with Crippen molar-refractivity contribution in [3.8, 4) is 0 Å². The zero-order chi connectivity index (χ0) is 17.1. The first kappa shape index (κ1) is 16.5. The second kappa shape index (κ2) is 7.01. The average Bonchev–Trinajstić information content (AvgIpc) is 2.59. The largest absolute Gasteiger partial charge is 0.353 e. The van der Waals surface area contributed by atoms with Crippen LogP contribution in [0.25, 0.3) is 0 Å². The molecule has 0 unspecified atom stereocenters. The molecule has 6 heteroatoms. The van der Waals surface area contributed by atoms with Crippen LogP contribution in [0.2, 0.25) is 5.02 Å². The number of carbonyl (C=O) groups excluding carboxylic acids is 2. The van der Waals surface area contributed by atoms with Gasteiger partial charge in [-0.3, -0.25) is 9.59 Å². The van der Waals surface area contributed by atoms with Crippen LogP contribution in [0, 0.1) is 5.82 Å². The lowest BCUT2D eigenvalue weighted by Crippen LogP contribution is -2.58. The van der Waals surface area contributed by atoms with Crippen LogP contribution in [-0.2, 0) is 11.2 Å². The highest BCUT2D eigenvalue weighted by Gasteiger charge is 2.34. The molecule has 1 heterocycles. The third kappa shape index (κ3) is 3.41. The molecule has 1 fully saturated rings. The summed E-state index contributed by atoms with van der Waals surface area (Å²) in [5.41, 5.74) is 0.819. The summed E-state index contributed by atoms with van der Waals surface area (Å²) in [5.74, 6) is -1.40. The zero-order valence-corrected chi connectivity index (χ0v) is 13.6. The Labute approximate surface area is 144 Å². The smallest absolute Gasteiger partial charge is 0.257 e. The van der Waals surface area contributed by atoms with Crippen molar-refractivity contribution in [1.82, 2.24) is 10.2 Å². The molecule has 1 N–H and O–H groups in total. The van der Waals surface area contributed by atoms with Gasteiger partial charge in [0, 0.05) is 24.5 Å². The first-order chi connectivity index (χ1) is 11.6. The van der Waals surface area contributed by atoms with E-state index >= 15 is 0 Å². The molecule has 2 amide bonds. The first-order valence-corrected chi connectivity index (χ1v) is 8.01. The van der Waals surface area contributed by atoms with Gasteiger partial charge in [0.05, 0.1) is 5.56 Å². The van der Waals surface area contributed by atoms with Crippen LogP contribution in [0.4, 0.5) is 4.39 Å². The van der Waals surface area contributed by atoms with E-state index in [-0.39, 0.29) is 16.5 Å². The standard InChI is InChI=1S/C18H16ClFN2O2/c19-13-6-7-15(20)14(11-13)18(24)22-9-8-21-17(23)16(22)10-12-4-2-1-3-5-12/h1-7,11,16H,8-10H2,(H,21,23)/t16-/m1/s1. The molecule has 1 atom stereocenters. The fourth-order valence-corrected chi connectivity index (χ4v) is 2.99. The number of benzene rings is 2. The van der Waals surface area contributed by atoms with E-state index in [0.717, 1.165) is 11.6 Å². The molecule has 2 aromatic rings. The van der Waals surface area contributed by atoms with E-state index in [4.69, 9.17) is 11.6 Å². The van der Waals surface area contributed by atoms with E-state index in [1.54, 1.807) is 0 Å². The van der Waals surface area contributed by atoms with Crippen molar-refractivity contribution in [2.75, 3.05) is 13.1 Å². The minimum atomic E-state index is -0.674. The van der Waals surface area contributed by atoms with Crippen LogP contribution in [0.5, 0.6) is 0 Å². The molecule has 24 heavy (non-hydrogen) atoms. The SMILES string of the molecule is O=C1NCCN(C(=O)c2cc(Cl)ccc2F)[C@@H]1Cc1ccccc1. The lowest BCUT2D eigenvalue weighted by molar-refractivity contribution is -0.127. The number of carbonyl (C=O) groups is 2. The number of hydrogen-bond donors (Lipinski definition) is 1. The third-order valence-electron chi connectivity index (χ3n) is 4.02. The highest BCUT2D eigenvalue weighted by Crippen LogP contribution is 2.20. The maximum absolute atomic E-state index is 14.0. The lowest BCUT2D eigenvalue weighted by atomic mass is 10.0. The van der Waals surface area contributed by atoms with Crippen molar-refractivity contribution in [2.45, 2.75) is 12.5 Å². The number of hydrogen-bond acceptors (Lipinski definition) is 2. The van der Waals surface area contributed by atoms with Gasteiger partial charge < -0.3 is 10.2 Å². The molecular weight excluding hydrogens is 331 g/mol. The van der Waals surface area contributed by atoms with Crippen LogP contribution in [0.15, 0.2) is 48.5 Å². The van der Waals surface area contributed by atoms with E-state index in [9.17, 15) is 14.0 Å². The summed E-state index contributed by atoms with van der Waals surface area (Å²) in [6, 6.07) is 12.6. The highest BCUT2D eigenvalue weighted by molar-refractivity contribution is 6.31. The fourth-order valence-electron chi connectivity index (χ4n) is 2.81. The number of nitrogens with zero attached hydrogens (tertiary/aromatic N) is 1. The summed E-state index contributed by atoms with van der Waals surface area (Å²) in [5, 5.41) is 3.04. The van der Waals surface area contributed by atoms with Gasteiger partial charge in [0.15, 0.2) is 0 Å². The van der Waals surface area contributed by atoms with Crippen molar-refractivity contribution in [2.24, 2.45) is 0 Å². The molecule has 0 aromatic heterocycles. The Kier molecular flexibility index (Phi) is 4.81. The van der Waals surface area contributed by atoms with Gasteiger partial charge in [-0.05, 0) is 23.8 Å². The molecule has 0 aliphatic carbocycles. The van der Waals surface area contributed by atoms with Crippen molar-refractivity contribution in [3.63, 3.8) is 0 Å². The first-order valence-electron chi connectivity index (χ1n) is 7.64. The summed E-state index contributed by atoms with van der Waals surface area (Å²) in [7, 11) is 0. The zero-order valence-electron chi connectivity index (χ0n) is 12.8. The van der Waals surface area contributed by atoms with E-state index in [1.165, 1.54) is 17.0 Å². The van der Waals surface area contributed by atoms with Crippen molar-refractivity contribution >= 4 is 23.4 Å². The summed E-state index contributed by atoms with van der Waals surface area (Å²) in [6.07, 6.45) is 0.376. The number of piperazine rings is 1. The summed E-state index contributed by atoms with van der Waals surface area (Å²) in [6.45, 7) is 0.673. The fraction of sp³-hybridized carbons (Fsp3) is 0.222. The van der Waals surface area contributed by atoms with Crippen LogP contribution in [-0.4, -0.2) is 35.8 Å². The van der Waals surface area contributed by atoms with Crippen LogP contribution in [0.3, 0.4) is 0 Å². The monoisotopic (exact) mass is 346 g/mol. The Bertz CT molecular complexity index is 767. The molecule has 1 saturated heterocycles. The Balaban J connectivity index is 1.89. The number of halogens is 2. The van der Waals surface area contributed by atoms with Crippen molar-refractivity contribution in [1.29, 1.82) is 0 Å². The molecule has 1 aliphatic heterocycles. The molecule has 1 aliphatic rings. The number of nitrogens with one attached hydrogen (secondary N) is 1. The molecule has 0 saturated carbocycles. The summed E-state index contributed by atoms with van der Waals surface area (Å²) < 4.78 is 14.0. The van der Waals surface area contributed by atoms with E-state index in [1.807, 2.05) is 30.3 Å². The van der Waals surface area contributed by atoms with Crippen LogP contribution >= 0.6 is 11.6 Å². The maximum atomic E-state index is 14.0. The van der Waals surface area contributed by atoms with Gasteiger partial charge in [-0.2, -0.15) is 0 Å². The topological polar surface area (TPSA) is 49.4 Å². The van der Waals surface area contributed by atoms with E-state index < -0.39 is 17.8 Å². The molecule has 0 radical (unpaired) electrons. The predicted molar refractivity (Wildman–Crippen MR) is 89.4 cm³/mol. The Morgan fingerprint density at radius 1 is 1.25 bits per heavy atom. The van der Waals surface area contributed by atoms with Gasteiger partial charge in [0.1, 0.15) is 11.9 Å². The predicted octanol–water partition coefficient (Wildman–Crippen LogP) is 2.66. The quantitative estimate of drug-likeness (QED) is 0.929. The second-order valence-electron chi connectivity index (χ2n) is 5.62. The molecule has 3 rings (SSSR count). The van der Waals surface area contributed by atoms with Gasteiger partial charge in [0.25, 0.3) is 5.91 Å². The lowest BCUT2D eigenvalue weighted by Gasteiger charge is -2.35. The second-order valence-corrected chi connectivity index (χ2v) is 6.06. The van der Waals surface area contributed by atoms with E-state index in [2.05, 4.69) is 5.32 Å². The van der Waals surface area contributed by atoms with E-state index in [0.29, 0.717) is 19.5 Å². The van der Waals surface area contributed by atoms with Gasteiger partial charge in [-0.25, -0.2) is 4.39 Å². The molecule has 0 bridgehead atoms. The average molecular weight is 347 g/mol. The Morgan fingerprint density at radius 3 is 2.75 bits per heavy atom. The highest BCUT2D eigenvalue weighted by atomic mass is 35.5. The number of rotatable bonds is 3. The Hall–Kier alpha value is -2.40. The summed E-state index contributed by atoms with van der Waals surface area (Å²) >= 11 is 5.88. The normalized spacial score (nSPS) is 17.5. The molecule has 2 aromatic carbocycles. The molecule has 4 nitrogen and oxygen atoms in total. The van der Waals surface area contributed by atoms with Gasteiger partial charge >= 0.3 is 0 Å². The molecular formula is C18H16ClFN2O2. The Morgan fingerprint density at radius 2 is 2.00 bits per heavy atom. The minimum absolute atomic E-state index is 0.115. The van der Waals surface area contributed by atoms with Gasteiger partial charge in [-0.15, -0.1) is 0 Å². The molecule has 0 spiro atoms.